The van der Waals surface area contributed by atoms with Gasteiger partial charge in [-0.15, -0.1) is 0 Å². The Labute approximate surface area is 336 Å². The summed E-state index contributed by atoms with van der Waals surface area (Å²) in [5.74, 6) is 0.308. The number of imidazole rings is 1. The zero-order valence-electron chi connectivity index (χ0n) is 33.0. The third-order valence-corrected chi connectivity index (χ3v) is 9.03. The van der Waals surface area contributed by atoms with Gasteiger partial charge in [-0.05, 0) is 79.2 Å². The van der Waals surface area contributed by atoms with Crippen LogP contribution in [0.2, 0.25) is 0 Å². The number of carbonyl (C=O) groups is 4. The minimum absolute atomic E-state index is 0.0132. The number of hydrogen-bond donors (Lipinski definition) is 2. The van der Waals surface area contributed by atoms with Crippen LogP contribution >= 0.6 is 0 Å². The van der Waals surface area contributed by atoms with Crippen molar-refractivity contribution in [3.63, 3.8) is 0 Å². The Hall–Kier alpha value is -7.03. The van der Waals surface area contributed by atoms with E-state index in [1.54, 1.807) is 60.8 Å². The highest BCUT2D eigenvalue weighted by atomic mass is 16.5. The quantitative estimate of drug-likeness (QED) is 0.0235. The van der Waals surface area contributed by atoms with Crippen molar-refractivity contribution in [2.24, 2.45) is 17.8 Å². The number of unbranched alkanes of at least 4 members (excludes halogenated alkanes) is 3. The summed E-state index contributed by atoms with van der Waals surface area (Å²) in [6.07, 6.45) is 7.49. The predicted octanol–water partition coefficient (Wildman–Crippen LogP) is 6.84. The summed E-state index contributed by atoms with van der Waals surface area (Å²) in [6, 6.07) is 22.4. The molecule has 0 saturated carbocycles. The molecule has 0 aliphatic heterocycles. The van der Waals surface area contributed by atoms with Gasteiger partial charge in [0.05, 0.1) is 44.8 Å². The number of esters is 2. The van der Waals surface area contributed by atoms with Gasteiger partial charge in [-0.2, -0.15) is 4.99 Å². The van der Waals surface area contributed by atoms with Gasteiger partial charge >= 0.3 is 18.0 Å². The van der Waals surface area contributed by atoms with E-state index in [1.165, 1.54) is 37.3 Å². The van der Waals surface area contributed by atoms with E-state index in [9.17, 15) is 19.2 Å². The molecule has 0 radical (unpaired) electrons. The van der Waals surface area contributed by atoms with Crippen LogP contribution in [0.25, 0.3) is 17.1 Å². The van der Waals surface area contributed by atoms with Crippen molar-refractivity contribution in [2.75, 3.05) is 37.6 Å². The van der Waals surface area contributed by atoms with Gasteiger partial charge in [0, 0.05) is 54.3 Å². The van der Waals surface area contributed by atoms with E-state index in [0.29, 0.717) is 46.9 Å². The van der Waals surface area contributed by atoms with Crippen LogP contribution in [0.15, 0.2) is 96.1 Å². The lowest BCUT2D eigenvalue weighted by molar-refractivity contribution is -0.135. The smallest absolute Gasteiger partial charge is 0.435 e. The van der Waals surface area contributed by atoms with Crippen molar-refractivity contribution in [3.8, 4) is 11.5 Å². The maximum Gasteiger partial charge on any atom is 0.435 e. The van der Waals surface area contributed by atoms with Crippen LogP contribution in [-0.2, 0) is 32.7 Å². The molecule has 0 aliphatic rings. The lowest BCUT2D eigenvalue weighted by Crippen LogP contribution is -2.34. The van der Waals surface area contributed by atoms with Crippen molar-refractivity contribution >= 4 is 58.4 Å². The van der Waals surface area contributed by atoms with Gasteiger partial charge in [-0.1, -0.05) is 32.3 Å². The molecule has 58 heavy (non-hydrogen) atoms. The minimum atomic E-state index is -0.707. The highest BCUT2D eigenvalue weighted by molar-refractivity contribution is 6.07. The first kappa shape index (κ1) is 42.1. The van der Waals surface area contributed by atoms with Crippen molar-refractivity contribution < 1.29 is 38.1 Å². The normalized spacial score (nSPS) is 11.3. The van der Waals surface area contributed by atoms with Crippen LogP contribution in [-0.4, -0.2) is 71.7 Å². The fourth-order valence-electron chi connectivity index (χ4n) is 5.86. The summed E-state index contributed by atoms with van der Waals surface area (Å²) in [7, 11) is 4.63. The number of benzene rings is 3. The largest absolute Gasteiger partial charge is 0.496 e. The number of nitrogens with zero attached hydrogens (tertiary/aromatic N) is 5. The van der Waals surface area contributed by atoms with Crippen LogP contribution in [0.1, 0.15) is 66.3 Å². The van der Waals surface area contributed by atoms with Crippen molar-refractivity contribution in [1.29, 1.82) is 0 Å². The number of amidine groups is 1. The lowest BCUT2D eigenvalue weighted by atomic mass is 10.1. The van der Waals surface area contributed by atoms with Crippen molar-refractivity contribution in [1.82, 2.24) is 14.5 Å². The van der Waals surface area contributed by atoms with E-state index in [4.69, 9.17) is 24.9 Å². The molecule has 3 aromatic carbocycles. The summed E-state index contributed by atoms with van der Waals surface area (Å²) in [5, 5.41) is 3.35. The molecule has 5 rings (SSSR count). The van der Waals surface area contributed by atoms with E-state index in [2.05, 4.69) is 27.0 Å². The average molecular weight is 790 g/mol. The summed E-state index contributed by atoms with van der Waals surface area (Å²) in [6.45, 7) is 2.80. The number of anilines is 2. The van der Waals surface area contributed by atoms with Gasteiger partial charge in [-0.3, -0.25) is 14.5 Å². The zero-order valence-corrected chi connectivity index (χ0v) is 33.0. The monoisotopic (exact) mass is 789 g/mol. The van der Waals surface area contributed by atoms with Gasteiger partial charge in [0.1, 0.15) is 29.0 Å². The molecule has 3 N–H and O–H groups in total. The molecule has 5 aromatic rings. The number of nitrogens with two attached hydrogens (primary N) is 1. The molecule has 2 aromatic heterocycles. The maximum atomic E-state index is 14.0. The second-order valence-electron chi connectivity index (χ2n) is 13.0. The minimum Gasteiger partial charge on any atom is -0.496 e. The number of hydrogen-bond acceptors (Lipinski definition) is 11. The average Bonchev–Trinajstić information content (AvgIpc) is 3.56. The summed E-state index contributed by atoms with van der Waals surface area (Å²) < 4.78 is 22.7. The number of carbonyl (C=O) groups excluding carboxylic acids is 4. The summed E-state index contributed by atoms with van der Waals surface area (Å²) >= 11 is 0. The van der Waals surface area contributed by atoms with E-state index in [1.807, 2.05) is 29.8 Å². The zero-order chi connectivity index (χ0) is 41.4. The van der Waals surface area contributed by atoms with E-state index < -0.39 is 18.0 Å². The summed E-state index contributed by atoms with van der Waals surface area (Å²) in [5.41, 5.74) is 9.81. The molecule has 2 heterocycles. The Bertz CT molecular complexity index is 2270. The Morgan fingerprint density at radius 1 is 0.948 bits per heavy atom. The topological polar surface area (TPSA) is 190 Å². The molecule has 0 bridgehead atoms. The molecule has 0 fully saturated rings. The Kier molecular flexibility index (Phi) is 15.1. The number of nitrogens with one attached hydrogen (secondary N) is 1. The second-order valence-corrected chi connectivity index (χ2v) is 13.0. The molecule has 0 atom stereocenters. The van der Waals surface area contributed by atoms with E-state index in [-0.39, 0.29) is 30.5 Å². The third kappa shape index (κ3) is 11.5. The van der Waals surface area contributed by atoms with Gasteiger partial charge in [0.2, 0.25) is 0 Å². The van der Waals surface area contributed by atoms with E-state index in [0.717, 1.165) is 42.7 Å². The SMILES string of the molecule is CCCCCCOC(=O)/N=C(/N)c1ccc(NCc2nc3cc(C(=O)N(CCC(=O)Oc4ccc(/C=C/C(=O)OC)c(OC)c4)c4ccccn4)ccc3n2C)cc1. The molecular formula is C43H47N7O8. The number of ether oxygens (including phenoxy) is 4. The molecule has 15 nitrogen and oxygen atoms in total. The first-order valence-corrected chi connectivity index (χ1v) is 18.8. The molecule has 0 spiro atoms. The number of methoxy groups -OCH3 is 2. The fraction of sp³-hybridized carbons (Fsp3) is 0.279. The fourth-order valence-corrected chi connectivity index (χ4v) is 5.86. The number of rotatable bonds is 18. The third-order valence-electron chi connectivity index (χ3n) is 9.03. The molecule has 0 unspecified atom stereocenters. The number of amides is 2. The van der Waals surface area contributed by atoms with E-state index >= 15 is 0 Å². The van der Waals surface area contributed by atoms with Crippen LogP contribution in [0.4, 0.5) is 16.3 Å². The van der Waals surface area contributed by atoms with Crippen molar-refractivity contribution in [3.05, 3.63) is 114 Å². The van der Waals surface area contributed by atoms with Crippen LogP contribution < -0.4 is 25.4 Å². The highest BCUT2D eigenvalue weighted by Gasteiger charge is 2.22. The standard InChI is InChI=1S/C43H47N7O8/c1-5-6-7-10-25-57-43(54)48-41(44)30-12-17-32(18-13-30)46-28-38-47-34-26-31(15-20-35(34)49(38)2)42(53)50(37-11-8-9-23-45-37)24-22-40(52)58-33-19-14-29(36(27-33)55-3)16-21-39(51)56-4/h8-9,11-21,23,26-27,46H,5-7,10,22,24-25,28H2,1-4H3,(H2,44,48,54)/b21-16+. The number of aliphatic imine (C=N–C) groups is 1. The summed E-state index contributed by atoms with van der Waals surface area (Å²) in [4.78, 5) is 65.1. The maximum absolute atomic E-state index is 14.0. The number of aromatic nitrogens is 3. The second kappa shape index (κ2) is 20.8. The molecule has 15 heteroatoms. The van der Waals surface area contributed by atoms with Gasteiger partial charge < -0.3 is 34.6 Å². The van der Waals surface area contributed by atoms with Crippen LogP contribution in [0, 0.1) is 0 Å². The molecular weight excluding hydrogens is 743 g/mol. The Balaban J connectivity index is 1.22. The van der Waals surface area contributed by atoms with Crippen LogP contribution in [0.3, 0.4) is 0 Å². The number of fused-ring (bicyclic) bond motifs is 1. The molecule has 0 saturated heterocycles. The first-order chi connectivity index (χ1) is 28.1. The van der Waals surface area contributed by atoms with Gasteiger partial charge in [0.25, 0.3) is 5.91 Å². The number of pyridine rings is 1. The molecule has 0 aliphatic carbocycles. The molecule has 302 valence electrons. The predicted molar refractivity (Wildman–Crippen MR) is 221 cm³/mol. The van der Waals surface area contributed by atoms with Crippen LogP contribution in [0.5, 0.6) is 11.5 Å². The Morgan fingerprint density at radius 3 is 2.47 bits per heavy atom. The first-order valence-electron chi connectivity index (χ1n) is 18.8. The van der Waals surface area contributed by atoms with Crippen molar-refractivity contribution in [2.45, 2.75) is 45.6 Å². The van der Waals surface area contributed by atoms with Gasteiger partial charge in [-0.25, -0.2) is 19.6 Å². The molecule has 2 amide bonds. The lowest BCUT2D eigenvalue weighted by Gasteiger charge is -2.21. The van der Waals surface area contributed by atoms with Gasteiger partial charge in [0.15, 0.2) is 0 Å². The Morgan fingerprint density at radius 2 is 1.74 bits per heavy atom. The highest BCUT2D eigenvalue weighted by Crippen LogP contribution is 2.27. The number of aryl methyl sites for hydroxylation is 1.